The molecule has 0 radical (unpaired) electrons. The third-order valence-corrected chi connectivity index (χ3v) is 7.28. The average Bonchev–Trinajstić information content (AvgIpc) is 3.31. The van der Waals surface area contributed by atoms with Crippen molar-refractivity contribution < 1.29 is 8.42 Å². The Labute approximate surface area is 191 Å². The number of aromatic nitrogens is 3. The van der Waals surface area contributed by atoms with Crippen LogP contribution in [0.4, 0.5) is 0 Å². The summed E-state index contributed by atoms with van der Waals surface area (Å²) in [5.41, 5.74) is 0.777. The van der Waals surface area contributed by atoms with Crippen molar-refractivity contribution in [2.75, 3.05) is 20.6 Å². The molecule has 0 saturated heterocycles. The second kappa shape index (κ2) is 10.3. The molecule has 0 atom stereocenters. The molecule has 3 aromatic heterocycles. The van der Waals surface area contributed by atoms with E-state index in [0.29, 0.717) is 29.8 Å². The molecular weight excluding hydrogens is 525 g/mol. The maximum atomic E-state index is 12.2. The van der Waals surface area contributed by atoms with E-state index in [2.05, 4.69) is 25.8 Å². The molecular formula is C17H24IN7O2S2. The lowest BCUT2D eigenvalue weighted by molar-refractivity contribution is 0.523. The molecule has 0 aliphatic carbocycles. The lowest BCUT2D eigenvalue weighted by atomic mass is 10.4. The minimum absolute atomic E-state index is 0. The summed E-state index contributed by atoms with van der Waals surface area (Å²) in [5.74, 6) is 1.36. The van der Waals surface area contributed by atoms with Crippen molar-refractivity contribution >= 4 is 56.9 Å². The molecule has 0 fully saturated rings. The Kier molecular flexibility index (Phi) is 8.36. The van der Waals surface area contributed by atoms with Gasteiger partial charge in [0.25, 0.3) is 10.0 Å². The fourth-order valence-electron chi connectivity index (χ4n) is 2.43. The van der Waals surface area contributed by atoms with E-state index in [4.69, 9.17) is 0 Å². The quantitative estimate of drug-likeness (QED) is 0.265. The van der Waals surface area contributed by atoms with Crippen LogP contribution in [0.25, 0.3) is 5.65 Å². The van der Waals surface area contributed by atoms with Crippen LogP contribution < -0.4 is 10.6 Å². The number of halogens is 1. The van der Waals surface area contributed by atoms with Crippen molar-refractivity contribution in [1.82, 2.24) is 29.5 Å². The number of sulfonamides is 1. The van der Waals surface area contributed by atoms with E-state index in [9.17, 15) is 8.42 Å². The van der Waals surface area contributed by atoms with Crippen LogP contribution in [0.3, 0.4) is 0 Å². The predicted octanol–water partition coefficient (Wildman–Crippen LogP) is 1.91. The molecule has 29 heavy (non-hydrogen) atoms. The number of pyridine rings is 1. The summed E-state index contributed by atoms with van der Waals surface area (Å²) in [6, 6.07) is 9.16. The molecule has 0 aliphatic heterocycles. The number of fused-ring (bicyclic) bond motifs is 1. The van der Waals surface area contributed by atoms with Gasteiger partial charge in [-0.25, -0.2) is 17.7 Å². The zero-order valence-corrected chi connectivity index (χ0v) is 20.3. The Morgan fingerprint density at radius 1 is 1.21 bits per heavy atom. The average molecular weight is 549 g/mol. The van der Waals surface area contributed by atoms with Crippen LogP contribution in [-0.2, 0) is 23.1 Å². The van der Waals surface area contributed by atoms with Crippen molar-refractivity contribution in [3.05, 3.63) is 47.2 Å². The van der Waals surface area contributed by atoms with Crippen LogP contribution >= 0.6 is 35.3 Å². The van der Waals surface area contributed by atoms with Crippen molar-refractivity contribution in [3.8, 4) is 0 Å². The largest absolute Gasteiger partial charge is 0.357 e. The lowest BCUT2D eigenvalue weighted by Crippen LogP contribution is -2.36. The van der Waals surface area contributed by atoms with Crippen LogP contribution in [0.2, 0.25) is 0 Å². The Morgan fingerprint density at radius 2 is 2.00 bits per heavy atom. The molecule has 12 heteroatoms. The molecule has 0 aromatic carbocycles. The van der Waals surface area contributed by atoms with Gasteiger partial charge in [-0.1, -0.05) is 6.07 Å². The number of hydrogen-bond acceptors (Lipinski definition) is 6. The maximum absolute atomic E-state index is 12.2. The minimum atomic E-state index is -3.41. The van der Waals surface area contributed by atoms with E-state index in [1.54, 1.807) is 6.07 Å². The highest BCUT2D eigenvalue weighted by molar-refractivity contribution is 14.0. The monoisotopic (exact) mass is 549 g/mol. The van der Waals surface area contributed by atoms with Gasteiger partial charge in [-0.3, -0.25) is 4.40 Å². The van der Waals surface area contributed by atoms with E-state index in [1.165, 1.54) is 29.7 Å². The van der Waals surface area contributed by atoms with E-state index in [1.807, 2.05) is 41.8 Å². The summed E-state index contributed by atoms with van der Waals surface area (Å²) in [4.78, 5) is 5.46. The highest BCUT2D eigenvalue weighted by Gasteiger charge is 2.19. The van der Waals surface area contributed by atoms with Crippen LogP contribution in [-0.4, -0.2) is 53.9 Å². The van der Waals surface area contributed by atoms with E-state index in [-0.39, 0.29) is 24.0 Å². The summed E-state index contributed by atoms with van der Waals surface area (Å²) in [6.07, 6.45) is 1.90. The van der Waals surface area contributed by atoms with Gasteiger partial charge in [0.2, 0.25) is 0 Å². The number of thiophene rings is 1. The molecule has 0 amide bonds. The molecule has 3 rings (SSSR count). The first-order valence-corrected chi connectivity index (χ1v) is 11.0. The molecule has 0 aliphatic rings. The molecule has 9 nitrogen and oxygen atoms in total. The summed E-state index contributed by atoms with van der Waals surface area (Å²) in [7, 11) is -0.355. The Bertz CT molecular complexity index is 1080. The summed E-state index contributed by atoms with van der Waals surface area (Å²) >= 11 is 1.24. The van der Waals surface area contributed by atoms with Gasteiger partial charge in [-0.05, 0) is 31.2 Å². The summed E-state index contributed by atoms with van der Waals surface area (Å²) < 4.78 is 27.8. The molecule has 2 N–H and O–H groups in total. The smallest absolute Gasteiger partial charge is 0.252 e. The number of nitrogens with zero attached hydrogens (tertiary/aromatic N) is 5. The van der Waals surface area contributed by atoms with E-state index < -0.39 is 10.0 Å². The van der Waals surface area contributed by atoms with Gasteiger partial charge in [-0.2, -0.15) is 0 Å². The fourth-order valence-corrected chi connectivity index (χ4v) is 4.90. The van der Waals surface area contributed by atoms with Crippen molar-refractivity contribution in [2.45, 2.75) is 24.2 Å². The first kappa shape index (κ1) is 23.5. The second-order valence-electron chi connectivity index (χ2n) is 6.10. The molecule has 3 heterocycles. The number of nitrogens with one attached hydrogen (secondary N) is 2. The first-order valence-electron chi connectivity index (χ1n) is 8.74. The lowest BCUT2D eigenvalue weighted by Gasteiger charge is -2.10. The molecule has 0 bridgehead atoms. The normalized spacial score (nSPS) is 12.2. The molecule has 3 aromatic rings. The first-order chi connectivity index (χ1) is 13.4. The minimum Gasteiger partial charge on any atom is -0.357 e. The van der Waals surface area contributed by atoms with Crippen molar-refractivity contribution in [1.29, 1.82) is 0 Å². The van der Waals surface area contributed by atoms with E-state index in [0.717, 1.165) is 16.3 Å². The SMILES string of the molecule is CCNC(=NCc1nnc2ccccn12)NCc1ccc(S(=O)(=O)N(C)C)s1.I. The Hall–Kier alpha value is -1.77. The number of guanidine groups is 1. The highest BCUT2D eigenvalue weighted by Crippen LogP contribution is 2.23. The fraction of sp³-hybridized carbons (Fsp3) is 0.353. The molecule has 0 saturated carbocycles. The van der Waals surface area contributed by atoms with Gasteiger partial charge in [0.05, 0.1) is 6.54 Å². The molecule has 158 valence electrons. The van der Waals surface area contributed by atoms with Crippen LogP contribution in [0.1, 0.15) is 17.6 Å². The van der Waals surface area contributed by atoms with Gasteiger partial charge in [0.15, 0.2) is 17.4 Å². The second-order valence-corrected chi connectivity index (χ2v) is 9.65. The number of hydrogen-bond donors (Lipinski definition) is 2. The van der Waals surface area contributed by atoms with Gasteiger partial charge < -0.3 is 10.6 Å². The van der Waals surface area contributed by atoms with Gasteiger partial charge in [0.1, 0.15) is 10.8 Å². The van der Waals surface area contributed by atoms with Crippen LogP contribution in [0.5, 0.6) is 0 Å². The van der Waals surface area contributed by atoms with Gasteiger partial charge >= 0.3 is 0 Å². The maximum Gasteiger partial charge on any atom is 0.252 e. The summed E-state index contributed by atoms with van der Waals surface area (Å²) in [6.45, 7) is 3.53. The predicted molar refractivity (Wildman–Crippen MR) is 125 cm³/mol. The van der Waals surface area contributed by atoms with Crippen LogP contribution in [0.15, 0.2) is 45.7 Å². The standard InChI is InChI=1S/C17H23N7O2S2.HI/c1-4-18-17(20-12-15-22-21-14-7-5-6-10-24(14)15)19-11-13-8-9-16(27-13)28(25,26)23(2)3;/h5-10H,4,11-12H2,1-3H3,(H2,18,19,20);1H. The van der Waals surface area contributed by atoms with Crippen molar-refractivity contribution in [3.63, 3.8) is 0 Å². The van der Waals surface area contributed by atoms with Crippen molar-refractivity contribution in [2.24, 2.45) is 4.99 Å². The summed E-state index contributed by atoms with van der Waals surface area (Å²) in [5, 5.41) is 14.7. The molecule has 0 spiro atoms. The topological polar surface area (TPSA) is 104 Å². The highest BCUT2D eigenvalue weighted by atomic mass is 127. The number of rotatable bonds is 7. The molecule has 0 unspecified atom stereocenters. The van der Waals surface area contributed by atoms with Gasteiger partial charge in [0, 0.05) is 31.7 Å². The van der Waals surface area contributed by atoms with Crippen LogP contribution in [0, 0.1) is 0 Å². The van der Waals surface area contributed by atoms with E-state index >= 15 is 0 Å². The zero-order valence-electron chi connectivity index (χ0n) is 16.4. The third-order valence-electron chi connectivity index (χ3n) is 3.91. The zero-order chi connectivity index (χ0) is 20.1. The third kappa shape index (κ3) is 5.65. The Balaban J connectivity index is 0.00000300. The van der Waals surface area contributed by atoms with Gasteiger partial charge in [-0.15, -0.1) is 45.5 Å². The number of aliphatic imine (C=N–C) groups is 1. The Morgan fingerprint density at radius 3 is 2.72 bits per heavy atom.